The van der Waals surface area contributed by atoms with E-state index in [9.17, 15) is 21.6 Å². The number of rotatable bonds is 4. The Kier molecular flexibility index (Phi) is 4.36. The van der Waals surface area contributed by atoms with Crippen LogP contribution in [0.2, 0.25) is 0 Å². The van der Waals surface area contributed by atoms with Crippen molar-refractivity contribution in [1.82, 2.24) is 14.4 Å². The molecule has 1 aromatic heterocycles. The Labute approximate surface area is 142 Å². The third kappa shape index (κ3) is 3.40. The lowest BCUT2D eigenvalue weighted by atomic mass is 10.0. The van der Waals surface area contributed by atoms with Gasteiger partial charge in [0.05, 0.1) is 16.4 Å². The van der Waals surface area contributed by atoms with Gasteiger partial charge in [-0.1, -0.05) is 19.0 Å². The molecule has 2 aromatic rings. The van der Waals surface area contributed by atoms with Gasteiger partial charge in [0.25, 0.3) is 0 Å². The Morgan fingerprint density at radius 2 is 1.80 bits per heavy atom. The van der Waals surface area contributed by atoms with Gasteiger partial charge in [0.2, 0.25) is 15.9 Å². The van der Waals surface area contributed by atoms with Gasteiger partial charge in [-0.25, -0.2) is 8.42 Å². The number of hydrogen-bond acceptors (Lipinski definition) is 5. The maximum Gasteiger partial charge on any atom is 0.416 e. The molecule has 25 heavy (non-hydrogen) atoms. The van der Waals surface area contributed by atoms with Gasteiger partial charge in [0, 0.05) is 19.0 Å². The number of sulfonamides is 1. The zero-order valence-electron chi connectivity index (χ0n) is 13.5. The Morgan fingerprint density at radius 3 is 2.28 bits per heavy atom. The first kappa shape index (κ1) is 17.9. The van der Waals surface area contributed by atoms with E-state index in [0.717, 1.165) is 24.3 Å². The van der Waals surface area contributed by atoms with E-state index in [0.29, 0.717) is 11.7 Å². The normalized spacial score (nSPS) is 17.0. The molecule has 1 aromatic carbocycles. The topological polar surface area (TPSA) is 76.3 Å². The van der Waals surface area contributed by atoms with Crippen molar-refractivity contribution in [2.24, 2.45) is 0 Å². The van der Waals surface area contributed by atoms with Crippen LogP contribution in [0.5, 0.6) is 0 Å². The maximum atomic E-state index is 12.6. The first-order valence-corrected chi connectivity index (χ1v) is 9.04. The molecule has 1 aliphatic rings. The lowest BCUT2D eigenvalue weighted by Gasteiger charge is -2.35. The molecule has 136 valence electrons. The van der Waals surface area contributed by atoms with Crippen molar-refractivity contribution in [3.8, 4) is 0 Å². The van der Waals surface area contributed by atoms with Crippen molar-refractivity contribution < 1.29 is 26.1 Å². The third-order valence-corrected chi connectivity index (χ3v) is 5.84. The number of alkyl halides is 3. The van der Waals surface area contributed by atoms with Gasteiger partial charge in [-0.3, -0.25) is 0 Å². The molecule has 0 N–H and O–H groups in total. The summed E-state index contributed by atoms with van der Waals surface area (Å²) in [4.78, 5) is 4.06. The van der Waals surface area contributed by atoms with Gasteiger partial charge in [-0.2, -0.15) is 22.5 Å². The molecule has 2 heterocycles. The van der Waals surface area contributed by atoms with Crippen LogP contribution in [0, 0.1) is 0 Å². The summed E-state index contributed by atoms with van der Waals surface area (Å²) in [7, 11) is -3.84. The Bertz CT molecular complexity index is 854. The van der Waals surface area contributed by atoms with Gasteiger partial charge >= 0.3 is 6.18 Å². The maximum absolute atomic E-state index is 12.6. The SMILES string of the molecule is CC(C)c1noc(C2CN(S(=O)(=O)c3ccc(C(F)(F)F)cc3)C2)n1. The van der Waals surface area contributed by atoms with Gasteiger partial charge in [0.15, 0.2) is 5.82 Å². The molecular weight excluding hydrogens is 359 g/mol. The van der Waals surface area contributed by atoms with Crippen molar-refractivity contribution in [2.45, 2.75) is 36.8 Å². The smallest absolute Gasteiger partial charge is 0.339 e. The molecule has 0 amide bonds. The summed E-state index contributed by atoms with van der Waals surface area (Å²) in [6, 6.07) is 3.46. The molecule has 0 saturated carbocycles. The van der Waals surface area contributed by atoms with E-state index >= 15 is 0 Å². The highest BCUT2D eigenvalue weighted by atomic mass is 32.2. The van der Waals surface area contributed by atoms with Crippen molar-refractivity contribution in [2.75, 3.05) is 13.1 Å². The van der Waals surface area contributed by atoms with E-state index in [1.54, 1.807) is 0 Å². The average Bonchev–Trinajstić information content (AvgIpc) is 2.94. The summed E-state index contributed by atoms with van der Waals surface area (Å²) in [6.07, 6.45) is -4.50. The minimum Gasteiger partial charge on any atom is -0.339 e. The highest BCUT2D eigenvalue weighted by molar-refractivity contribution is 7.89. The summed E-state index contributed by atoms with van der Waals surface area (Å²) in [5, 5.41) is 3.84. The second-order valence-corrected chi connectivity index (χ2v) is 8.12. The van der Waals surface area contributed by atoms with Crippen LogP contribution in [0.25, 0.3) is 0 Å². The van der Waals surface area contributed by atoms with Gasteiger partial charge < -0.3 is 4.52 Å². The summed E-state index contributed by atoms with van der Waals surface area (Å²) < 4.78 is 68.9. The van der Waals surface area contributed by atoms with Crippen LogP contribution in [-0.2, 0) is 16.2 Å². The molecule has 0 radical (unpaired) electrons. The Hall–Kier alpha value is -1.94. The molecule has 0 unspecified atom stereocenters. The van der Waals surface area contributed by atoms with Crippen LogP contribution in [-0.4, -0.2) is 36.0 Å². The summed E-state index contributed by atoms with van der Waals surface area (Å²) in [5.41, 5.74) is -0.889. The Balaban J connectivity index is 1.70. The van der Waals surface area contributed by atoms with Crippen molar-refractivity contribution >= 4 is 10.0 Å². The second-order valence-electron chi connectivity index (χ2n) is 6.19. The Morgan fingerprint density at radius 1 is 1.20 bits per heavy atom. The zero-order chi connectivity index (χ0) is 18.4. The van der Waals surface area contributed by atoms with Crippen LogP contribution in [0.3, 0.4) is 0 Å². The standard InChI is InChI=1S/C15H16F3N3O3S/c1-9(2)13-19-14(24-20-13)10-7-21(8-10)25(22,23)12-5-3-11(4-6-12)15(16,17)18/h3-6,9-10H,7-8H2,1-2H3. The summed E-state index contributed by atoms with van der Waals surface area (Å²) in [6.45, 7) is 4.14. The molecular formula is C15H16F3N3O3S. The molecule has 0 aliphatic carbocycles. The van der Waals surface area contributed by atoms with Gasteiger partial charge in [-0.15, -0.1) is 0 Å². The summed E-state index contributed by atoms with van der Waals surface area (Å²) >= 11 is 0. The van der Waals surface area contributed by atoms with Gasteiger partial charge in [-0.05, 0) is 24.3 Å². The first-order chi connectivity index (χ1) is 11.6. The van der Waals surface area contributed by atoms with E-state index < -0.39 is 21.8 Å². The van der Waals surface area contributed by atoms with E-state index in [-0.39, 0.29) is 29.8 Å². The predicted molar refractivity (Wildman–Crippen MR) is 81.3 cm³/mol. The average molecular weight is 375 g/mol. The lowest BCUT2D eigenvalue weighted by Crippen LogP contribution is -2.48. The third-order valence-electron chi connectivity index (χ3n) is 3.99. The van der Waals surface area contributed by atoms with Crippen molar-refractivity contribution in [3.63, 3.8) is 0 Å². The zero-order valence-corrected chi connectivity index (χ0v) is 14.3. The molecule has 0 atom stereocenters. The van der Waals surface area contributed by atoms with Crippen molar-refractivity contribution in [1.29, 1.82) is 0 Å². The van der Waals surface area contributed by atoms with E-state index in [4.69, 9.17) is 4.52 Å². The van der Waals surface area contributed by atoms with E-state index in [2.05, 4.69) is 10.1 Å². The molecule has 6 nitrogen and oxygen atoms in total. The van der Waals surface area contributed by atoms with E-state index in [1.807, 2.05) is 13.8 Å². The number of hydrogen-bond donors (Lipinski definition) is 0. The molecule has 1 aliphatic heterocycles. The van der Waals surface area contributed by atoms with Crippen LogP contribution < -0.4 is 0 Å². The monoisotopic (exact) mass is 375 g/mol. The minimum atomic E-state index is -4.50. The second kappa shape index (κ2) is 6.10. The molecule has 3 rings (SSSR count). The fourth-order valence-corrected chi connectivity index (χ4v) is 3.93. The van der Waals surface area contributed by atoms with Crippen LogP contribution in [0.15, 0.2) is 33.7 Å². The van der Waals surface area contributed by atoms with Crippen LogP contribution in [0.1, 0.15) is 43.0 Å². The highest BCUT2D eigenvalue weighted by Crippen LogP contribution is 2.33. The number of benzene rings is 1. The number of nitrogens with zero attached hydrogens (tertiary/aromatic N) is 3. The molecule has 0 spiro atoms. The minimum absolute atomic E-state index is 0.101. The fraction of sp³-hybridized carbons (Fsp3) is 0.467. The van der Waals surface area contributed by atoms with Gasteiger partial charge in [0.1, 0.15) is 0 Å². The van der Waals surface area contributed by atoms with Crippen LogP contribution >= 0.6 is 0 Å². The first-order valence-electron chi connectivity index (χ1n) is 7.60. The van der Waals surface area contributed by atoms with Crippen molar-refractivity contribution in [3.05, 3.63) is 41.5 Å². The van der Waals surface area contributed by atoms with Crippen LogP contribution in [0.4, 0.5) is 13.2 Å². The predicted octanol–water partition coefficient (Wildman–Crippen LogP) is 3.00. The molecule has 1 fully saturated rings. The lowest BCUT2D eigenvalue weighted by molar-refractivity contribution is -0.137. The quantitative estimate of drug-likeness (QED) is 0.821. The molecule has 0 bridgehead atoms. The summed E-state index contributed by atoms with van der Waals surface area (Å²) in [5.74, 6) is 0.829. The highest BCUT2D eigenvalue weighted by Gasteiger charge is 2.40. The molecule has 1 saturated heterocycles. The number of aromatic nitrogens is 2. The fourth-order valence-electron chi connectivity index (χ4n) is 2.40. The largest absolute Gasteiger partial charge is 0.416 e. The molecule has 10 heteroatoms. The van der Waals surface area contributed by atoms with E-state index in [1.165, 1.54) is 4.31 Å². The number of halogens is 3.